The van der Waals surface area contributed by atoms with Gasteiger partial charge in [0.05, 0.1) is 12.3 Å². The summed E-state index contributed by atoms with van der Waals surface area (Å²) in [5.74, 6) is -1.11. The van der Waals surface area contributed by atoms with Crippen LogP contribution in [-0.4, -0.2) is 69.2 Å². The second-order valence-corrected chi connectivity index (χ2v) is 6.38. The zero-order valence-electron chi connectivity index (χ0n) is 15.9. The van der Waals surface area contributed by atoms with E-state index >= 15 is 0 Å². The fraction of sp³-hybridized carbons (Fsp3) is 0.471. The van der Waals surface area contributed by atoms with E-state index in [0.29, 0.717) is 38.2 Å². The monoisotopic (exact) mass is 428 g/mol. The summed E-state index contributed by atoms with van der Waals surface area (Å²) in [5.41, 5.74) is 0.304. The Hall–Kier alpha value is -3.38. The number of nitrogens with zero attached hydrogens (tertiary/aromatic N) is 5. The van der Waals surface area contributed by atoms with Crippen molar-refractivity contribution in [1.82, 2.24) is 30.4 Å². The van der Waals surface area contributed by atoms with Gasteiger partial charge in [-0.3, -0.25) is 4.79 Å². The number of halogens is 3. The lowest BCUT2D eigenvalue weighted by atomic mass is 10.1. The van der Waals surface area contributed by atoms with E-state index in [1.807, 2.05) is 0 Å². The van der Waals surface area contributed by atoms with Crippen LogP contribution in [0, 0.1) is 0 Å². The number of hydrogen-bond acceptors (Lipinski definition) is 7. The van der Waals surface area contributed by atoms with Crippen LogP contribution in [0.5, 0.6) is 5.75 Å². The zero-order valence-corrected chi connectivity index (χ0v) is 15.9. The minimum absolute atomic E-state index is 0.158. The molecule has 0 saturated carbocycles. The van der Waals surface area contributed by atoms with Crippen LogP contribution in [0.4, 0.5) is 18.0 Å². The molecule has 1 fully saturated rings. The molecule has 2 amide bonds. The maximum atomic E-state index is 12.3. The van der Waals surface area contributed by atoms with Gasteiger partial charge in [0.15, 0.2) is 0 Å². The number of amides is 2. The highest BCUT2D eigenvalue weighted by Crippen LogP contribution is 2.23. The highest BCUT2D eigenvalue weighted by Gasteiger charge is 2.31. The summed E-state index contributed by atoms with van der Waals surface area (Å²) in [4.78, 5) is 26.6. The molecule has 10 nitrogen and oxygen atoms in total. The predicted octanol–water partition coefficient (Wildman–Crippen LogP) is 1.91. The normalized spacial score (nSPS) is 15.0. The summed E-state index contributed by atoms with van der Waals surface area (Å²) < 4.78 is 45.4. The summed E-state index contributed by atoms with van der Waals surface area (Å²) in [6, 6.07) is 4.64. The molecule has 2 heterocycles. The van der Waals surface area contributed by atoms with Crippen LogP contribution in [0.2, 0.25) is 0 Å². The number of hydrogen-bond donors (Lipinski definition) is 1. The first-order valence-electron chi connectivity index (χ1n) is 9.14. The molecule has 0 spiro atoms. The summed E-state index contributed by atoms with van der Waals surface area (Å²) in [5, 5.41) is 14.2. The third-order valence-corrected chi connectivity index (χ3v) is 4.27. The van der Waals surface area contributed by atoms with E-state index < -0.39 is 18.0 Å². The SMILES string of the molecule is CCOC(=O)N1CCC(NC(=O)c2nnn(-c3ccc(OC(F)(F)F)cc3)n2)CC1. The van der Waals surface area contributed by atoms with Crippen LogP contribution in [0.3, 0.4) is 0 Å². The molecule has 3 rings (SSSR count). The lowest BCUT2D eigenvalue weighted by Gasteiger charge is -2.31. The number of piperidine rings is 1. The Labute approximate surface area is 168 Å². The molecular formula is C17H19F3N6O4. The quantitative estimate of drug-likeness (QED) is 0.774. The Bertz CT molecular complexity index is 878. The molecule has 0 radical (unpaired) electrons. The molecule has 1 aliphatic heterocycles. The van der Waals surface area contributed by atoms with Gasteiger partial charge < -0.3 is 19.7 Å². The topological polar surface area (TPSA) is 111 Å². The maximum absolute atomic E-state index is 12.3. The summed E-state index contributed by atoms with van der Waals surface area (Å²) in [6.45, 7) is 2.94. The van der Waals surface area contributed by atoms with Gasteiger partial charge in [-0.2, -0.15) is 0 Å². The average molecular weight is 428 g/mol. The second kappa shape index (κ2) is 8.97. The molecule has 1 aromatic carbocycles. The van der Waals surface area contributed by atoms with E-state index in [-0.39, 0.29) is 18.0 Å². The van der Waals surface area contributed by atoms with E-state index in [9.17, 15) is 22.8 Å². The third-order valence-electron chi connectivity index (χ3n) is 4.27. The standard InChI is InChI=1S/C17H19F3N6O4/c1-2-29-16(28)25-9-7-11(8-10-25)21-15(27)14-22-24-26(23-14)12-3-5-13(6-4-12)30-17(18,19)20/h3-6,11H,2,7-10H2,1H3,(H,21,27). The van der Waals surface area contributed by atoms with Crippen LogP contribution in [0.15, 0.2) is 24.3 Å². The molecule has 2 aromatic rings. The first kappa shape index (κ1) is 21.3. The van der Waals surface area contributed by atoms with E-state index in [0.717, 1.165) is 16.9 Å². The predicted molar refractivity (Wildman–Crippen MR) is 94.9 cm³/mol. The smallest absolute Gasteiger partial charge is 0.450 e. The molecular weight excluding hydrogens is 409 g/mol. The van der Waals surface area contributed by atoms with Crippen molar-refractivity contribution in [3.8, 4) is 11.4 Å². The van der Waals surface area contributed by atoms with Crippen LogP contribution in [0.25, 0.3) is 5.69 Å². The van der Waals surface area contributed by atoms with Crippen molar-refractivity contribution in [2.45, 2.75) is 32.2 Å². The average Bonchev–Trinajstić information content (AvgIpc) is 3.18. The Morgan fingerprint density at radius 3 is 2.47 bits per heavy atom. The van der Waals surface area contributed by atoms with Crippen molar-refractivity contribution in [3.63, 3.8) is 0 Å². The molecule has 1 saturated heterocycles. The van der Waals surface area contributed by atoms with Crippen molar-refractivity contribution in [3.05, 3.63) is 30.1 Å². The fourth-order valence-corrected chi connectivity index (χ4v) is 2.87. The highest BCUT2D eigenvalue weighted by molar-refractivity contribution is 5.90. The first-order valence-corrected chi connectivity index (χ1v) is 9.14. The Balaban J connectivity index is 1.55. The summed E-state index contributed by atoms with van der Waals surface area (Å²) in [7, 11) is 0. The molecule has 1 N–H and O–H groups in total. The van der Waals surface area contributed by atoms with Gasteiger partial charge in [-0.1, -0.05) is 0 Å². The summed E-state index contributed by atoms with van der Waals surface area (Å²) in [6.07, 6.45) is -4.05. The molecule has 0 aliphatic carbocycles. The first-order chi connectivity index (χ1) is 14.2. The molecule has 13 heteroatoms. The number of carbonyl (C=O) groups excluding carboxylic acids is 2. The number of benzene rings is 1. The number of tetrazole rings is 1. The van der Waals surface area contributed by atoms with Crippen LogP contribution in [0.1, 0.15) is 30.4 Å². The summed E-state index contributed by atoms with van der Waals surface area (Å²) >= 11 is 0. The number of ether oxygens (including phenoxy) is 2. The largest absolute Gasteiger partial charge is 0.573 e. The number of likely N-dealkylation sites (tertiary alicyclic amines) is 1. The van der Waals surface area contributed by atoms with Gasteiger partial charge in [-0.05, 0) is 49.2 Å². The molecule has 30 heavy (non-hydrogen) atoms. The van der Waals surface area contributed by atoms with Gasteiger partial charge in [0, 0.05) is 19.1 Å². The highest BCUT2D eigenvalue weighted by atomic mass is 19.4. The Morgan fingerprint density at radius 2 is 1.87 bits per heavy atom. The number of alkyl halides is 3. The Kier molecular flexibility index (Phi) is 6.37. The van der Waals surface area contributed by atoms with Gasteiger partial charge in [0.2, 0.25) is 0 Å². The third kappa shape index (κ3) is 5.58. The fourth-order valence-electron chi connectivity index (χ4n) is 2.87. The Morgan fingerprint density at radius 1 is 1.20 bits per heavy atom. The zero-order chi connectivity index (χ0) is 21.7. The van der Waals surface area contributed by atoms with E-state index in [1.165, 1.54) is 12.1 Å². The van der Waals surface area contributed by atoms with Gasteiger partial charge in [0.1, 0.15) is 5.75 Å². The lowest BCUT2D eigenvalue weighted by Crippen LogP contribution is -2.46. The second-order valence-electron chi connectivity index (χ2n) is 6.38. The molecule has 1 aromatic heterocycles. The molecule has 0 unspecified atom stereocenters. The van der Waals surface area contributed by atoms with Crippen molar-refractivity contribution < 1.29 is 32.2 Å². The van der Waals surface area contributed by atoms with Crippen molar-refractivity contribution in [1.29, 1.82) is 0 Å². The minimum Gasteiger partial charge on any atom is -0.450 e. The van der Waals surface area contributed by atoms with Crippen molar-refractivity contribution >= 4 is 12.0 Å². The van der Waals surface area contributed by atoms with Gasteiger partial charge in [0.25, 0.3) is 11.7 Å². The number of rotatable bonds is 5. The van der Waals surface area contributed by atoms with Gasteiger partial charge in [-0.15, -0.1) is 28.2 Å². The van der Waals surface area contributed by atoms with E-state index in [2.05, 4.69) is 25.5 Å². The molecule has 0 atom stereocenters. The van der Waals surface area contributed by atoms with Crippen molar-refractivity contribution in [2.24, 2.45) is 0 Å². The van der Waals surface area contributed by atoms with Gasteiger partial charge in [-0.25, -0.2) is 4.79 Å². The van der Waals surface area contributed by atoms with E-state index in [4.69, 9.17) is 4.74 Å². The number of carbonyl (C=O) groups is 2. The number of nitrogens with one attached hydrogen (secondary N) is 1. The molecule has 162 valence electrons. The lowest BCUT2D eigenvalue weighted by molar-refractivity contribution is -0.274. The number of aromatic nitrogens is 4. The molecule has 1 aliphatic rings. The van der Waals surface area contributed by atoms with Crippen LogP contribution in [-0.2, 0) is 4.74 Å². The van der Waals surface area contributed by atoms with Crippen molar-refractivity contribution in [2.75, 3.05) is 19.7 Å². The molecule has 0 bridgehead atoms. The minimum atomic E-state index is -4.79. The van der Waals surface area contributed by atoms with E-state index in [1.54, 1.807) is 11.8 Å². The van der Waals surface area contributed by atoms with Gasteiger partial charge >= 0.3 is 12.5 Å². The maximum Gasteiger partial charge on any atom is 0.573 e. The van der Waals surface area contributed by atoms with Crippen LogP contribution >= 0.6 is 0 Å². The van der Waals surface area contributed by atoms with Crippen LogP contribution < -0.4 is 10.1 Å².